The van der Waals surface area contributed by atoms with E-state index in [4.69, 9.17) is 4.99 Å². The van der Waals surface area contributed by atoms with Crippen LogP contribution < -0.4 is 0 Å². The monoisotopic (exact) mass is 395 g/mol. The first kappa shape index (κ1) is 18.4. The van der Waals surface area contributed by atoms with Gasteiger partial charge < -0.3 is 0 Å². The van der Waals surface area contributed by atoms with E-state index in [2.05, 4.69) is 4.98 Å². The van der Waals surface area contributed by atoms with E-state index in [1.54, 1.807) is 6.20 Å². The summed E-state index contributed by atoms with van der Waals surface area (Å²) in [5.41, 5.74) is 8.29. The van der Waals surface area contributed by atoms with Gasteiger partial charge in [0.05, 0.1) is 25.2 Å². The van der Waals surface area contributed by atoms with Gasteiger partial charge in [-0.05, 0) is 48.7 Å². The van der Waals surface area contributed by atoms with E-state index in [1.165, 1.54) is 4.90 Å². The lowest BCUT2D eigenvalue weighted by atomic mass is 9.90. The summed E-state index contributed by atoms with van der Waals surface area (Å²) < 4.78 is 0. The van der Waals surface area contributed by atoms with Crippen molar-refractivity contribution in [1.82, 2.24) is 9.88 Å². The molecule has 0 bridgehead atoms. The van der Waals surface area contributed by atoms with Crippen LogP contribution in [-0.4, -0.2) is 27.4 Å². The third kappa shape index (κ3) is 3.12. The predicted molar refractivity (Wildman–Crippen MR) is 115 cm³/mol. The molecule has 2 amide bonds. The Labute approximate surface area is 175 Å². The Morgan fingerprint density at radius 1 is 0.967 bits per heavy atom. The number of aliphatic imine (C=N–C) groups is 1. The van der Waals surface area contributed by atoms with Crippen molar-refractivity contribution < 1.29 is 9.59 Å². The molecular weight excluding hydrogens is 374 g/mol. The topological polar surface area (TPSA) is 62.6 Å². The van der Waals surface area contributed by atoms with Gasteiger partial charge >= 0.3 is 0 Å². The Kier molecular flexibility index (Phi) is 4.31. The first-order chi connectivity index (χ1) is 14.5. The Bertz CT molecular complexity index is 1240. The van der Waals surface area contributed by atoms with Gasteiger partial charge in [-0.25, -0.2) is 0 Å². The molecule has 0 unspecified atom stereocenters. The van der Waals surface area contributed by atoms with Gasteiger partial charge in [-0.3, -0.25) is 24.5 Å². The van der Waals surface area contributed by atoms with Crippen LogP contribution in [0.5, 0.6) is 0 Å². The lowest BCUT2D eigenvalue weighted by molar-refractivity contribution is -0.128. The number of pyridine rings is 1. The molecule has 0 atom stereocenters. The van der Waals surface area contributed by atoms with E-state index in [0.29, 0.717) is 18.7 Å². The lowest BCUT2D eigenvalue weighted by Gasteiger charge is -2.27. The first-order valence-corrected chi connectivity index (χ1v) is 10.0. The number of benzene rings is 2. The molecule has 3 aromatic rings. The highest BCUT2D eigenvalue weighted by Crippen LogP contribution is 2.30. The number of nitrogens with zero attached hydrogens (tertiary/aromatic N) is 3. The van der Waals surface area contributed by atoms with Crippen molar-refractivity contribution in [2.24, 2.45) is 4.99 Å². The Morgan fingerprint density at radius 3 is 2.63 bits per heavy atom. The van der Waals surface area contributed by atoms with E-state index in [0.717, 1.165) is 44.8 Å². The summed E-state index contributed by atoms with van der Waals surface area (Å²) in [4.78, 5) is 36.4. The molecule has 0 spiro atoms. The van der Waals surface area contributed by atoms with Gasteiger partial charge in [0.1, 0.15) is 0 Å². The Balaban J connectivity index is 1.51. The van der Waals surface area contributed by atoms with E-state index < -0.39 is 0 Å². The molecule has 0 saturated heterocycles. The molecule has 0 aliphatic carbocycles. The smallest absolute Gasteiger partial charge is 0.261 e. The zero-order chi connectivity index (χ0) is 20.8. The quantitative estimate of drug-likeness (QED) is 0.634. The molecule has 3 heterocycles. The number of hydrogen-bond acceptors (Lipinski definition) is 4. The minimum atomic E-state index is -0.234. The van der Waals surface area contributed by atoms with E-state index in [-0.39, 0.29) is 18.2 Å². The van der Waals surface area contributed by atoms with Crippen LogP contribution in [0.2, 0.25) is 0 Å². The summed E-state index contributed by atoms with van der Waals surface area (Å²) in [6.07, 6.45) is 2.01. The van der Waals surface area contributed by atoms with Crippen LogP contribution in [-0.2, 0) is 24.3 Å². The molecule has 5 nitrogen and oxygen atoms in total. The number of rotatable bonds is 3. The summed E-state index contributed by atoms with van der Waals surface area (Å²) >= 11 is 0. The van der Waals surface area contributed by atoms with Gasteiger partial charge in [0.25, 0.3) is 5.91 Å². The van der Waals surface area contributed by atoms with Crippen molar-refractivity contribution in [1.29, 1.82) is 0 Å². The second-order valence-corrected chi connectivity index (χ2v) is 7.97. The van der Waals surface area contributed by atoms with Crippen LogP contribution in [0.25, 0.3) is 0 Å². The summed E-state index contributed by atoms with van der Waals surface area (Å²) in [6, 6.07) is 15.8. The molecule has 5 rings (SSSR count). The number of carbonyl (C=O) groups excluding carboxylic acids is 2. The first-order valence-electron chi connectivity index (χ1n) is 10.0. The van der Waals surface area contributed by atoms with Crippen LogP contribution in [0.4, 0.5) is 0 Å². The maximum Gasteiger partial charge on any atom is 0.261 e. The van der Waals surface area contributed by atoms with Gasteiger partial charge in [0, 0.05) is 28.6 Å². The number of imide groups is 1. The average molecular weight is 395 g/mol. The number of carbonyl (C=O) groups is 2. The zero-order valence-corrected chi connectivity index (χ0v) is 17.0. The molecule has 148 valence electrons. The highest BCUT2D eigenvalue weighted by Gasteiger charge is 2.33. The van der Waals surface area contributed by atoms with Crippen molar-refractivity contribution in [3.05, 3.63) is 99.4 Å². The van der Waals surface area contributed by atoms with Crippen molar-refractivity contribution in [3.63, 3.8) is 0 Å². The number of amides is 2. The van der Waals surface area contributed by atoms with Crippen molar-refractivity contribution >= 4 is 17.5 Å². The molecule has 30 heavy (non-hydrogen) atoms. The zero-order valence-electron chi connectivity index (χ0n) is 17.0. The van der Waals surface area contributed by atoms with Gasteiger partial charge in [0.2, 0.25) is 5.91 Å². The molecular formula is C25H21N3O2. The van der Waals surface area contributed by atoms with Gasteiger partial charge in [0.15, 0.2) is 0 Å². The molecule has 0 radical (unpaired) electrons. The van der Waals surface area contributed by atoms with E-state index >= 15 is 0 Å². The largest absolute Gasteiger partial charge is 0.279 e. The van der Waals surface area contributed by atoms with E-state index in [1.807, 2.05) is 62.4 Å². The number of aryl methyl sites for hydroxylation is 2. The van der Waals surface area contributed by atoms with Crippen LogP contribution in [0, 0.1) is 13.8 Å². The summed E-state index contributed by atoms with van der Waals surface area (Å²) in [7, 11) is 0. The molecule has 0 N–H and O–H groups in total. The second-order valence-electron chi connectivity index (χ2n) is 7.97. The predicted octanol–water partition coefficient (Wildman–Crippen LogP) is 3.77. The number of hydrogen-bond donors (Lipinski definition) is 0. The van der Waals surface area contributed by atoms with Crippen LogP contribution in [0.15, 0.2) is 59.7 Å². The van der Waals surface area contributed by atoms with Gasteiger partial charge in [-0.2, -0.15) is 0 Å². The van der Waals surface area contributed by atoms with E-state index in [9.17, 15) is 9.59 Å². The number of fused-ring (bicyclic) bond motifs is 2. The minimum Gasteiger partial charge on any atom is -0.279 e. The fourth-order valence-electron chi connectivity index (χ4n) is 4.25. The Hall–Kier alpha value is -3.60. The maximum absolute atomic E-state index is 13.3. The lowest BCUT2D eigenvalue weighted by Crippen LogP contribution is -2.41. The summed E-state index contributed by atoms with van der Waals surface area (Å²) in [6.45, 7) is 4.81. The van der Waals surface area contributed by atoms with Crippen LogP contribution in [0.1, 0.15) is 49.4 Å². The minimum absolute atomic E-state index is 0.155. The van der Waals surface area contributed by atoms with Crippen LogP contribution in [0.3, 0.4) is 0 Å². The normalized spacial score (nSPS) is 15.1. The average Bonchev–Trinajstić information content (AvgIpc) is 3.13. The third-order valence-electron chi connectivity index (χ3n) is 5.70. The maximum atomic E-state index is 13.3. The standard InChI is InChI=1S/C25H21N3O2/c1-15-4-3-5-17(8-15)14-28-23(29)11-19-10-20-13-27-24(18-6-7-26-16(2)9-18)21(20)12-22(19)25(28)30/h3-10,12H,11,13-14H2,1-2H3. The Morgan fingerprint density at radius 2 is 1.83 bits per heavy atom. The fraction of sp³-hybridized carbons (Fsp3) is 0.200. The molecule has 0 saturated carbocycles. The molecule has 0 fully saturated rings. The molecule has 1 aromatic heterocycles. The fourth-order valence-corrected chi connectivity index (χ4v) is 4.25. The second kappa shape index (κ2) is 7.02. The molecule has 2 aliphatic heterocycles. The highest BCUT2D eigenvalue weighted by atomic mass is 16.2. The summed E-state index contributed by atoms with van der Waals surface area (Å²) in [5, 5.41) is 0. The van der Waals surface area contributed by atoms with Crippen molar-refractivity contribution in [2.45, 2.75) is 33.4 Å². The van der Waals surface area contributed by atoms with Crippen molar-refractivity contribution in [2.75, 3.05) is 0 Å². The number of aromatic nitrogens is 1. The summed E-state index contributed by atoms with van der Waals surface area (Å²) in [5.74, 6) is -0.388. The third-order valence-corrected chi connectivity index (χ3v) is 5.70. The van der Waals surface area contributed by atoms with Crippen molar-refractivity contribution in [3.8, 4) is 0 Å². The molecule has 2 aliphatic rings. The van der Waals surface area contributed by atoms with Crippen LogP contribution >= 0.6 is 0 Å². The van der Waals surface area contributed by atoms with Gasteiger partial charge in [-0.1, -0.05) is 35.9 Å². The SMILES string of the molecule is Cc1cccc(CN2C(=O)Cc3cc4c(cc3C2=O)C(c2ccnc(C)c2)=NC4)c1. The highest BCUT2D eigenvalue weighted by molar-refractivity contribution is 6.17. The molecule has 5 heteroatoms. The molecule has 2 aromatic carbocycles. The van der Waals surface area contributed by atoms with Gasteiger partial charge in [-0.15, -0.1) is 0 Å².